The lowest BCUT2D eigenvalue weighted by atomic mass is 10.1. The second-order valence-electron chi connectivity index (χ2n) is 6.14. The average Bonchev–Trinajstić information content (AvgIpc) is 2.41. The fraction of sp³-hybridized carbons (Fsp3) is 0.588. The minimum Gasteiger partial charge on any atom is -0.496 e. The molecule has 4 nitrogen and oxygen atoms in total. The van der Waals surface area contributed by atoms with E-state index < -0.39 is 0 Å². The molecule has 4 heteroatoms. The van der Waals surface area contributed by atoms with Crippen molar-refractivity contribution in [3.05, 3.63) is 29.3 Å². The van der Waals surface area contributed by atoms with E-state index in [1.54, 1.807) is 13.2 Å². The van der Waals surface area contributed by atoms with Gasteiger partial charge < -0.3 is 14.8 Å². The standard InChI is InChI=1S/C17H27NO3/c1-6-7-10-21-12-14-11-13(8-9-15(14)20-5)16(19)18-17(2,3)4/h8-9,11H,6-7,10,12H2,1-5H3,(H,18,19). The summed E-state index contributed by atoms with van der Waals surface area (Å²) in [5.41, 5.74) is 1.27. The van der Waals surface area contributed by atoms with Crippen LogP contribution in [0.4, 0.5) is 0 Å². The number of unbranched alkanes of at least 4 members (excludes halogenated alkanes) is 1. The third-order valence-corrected chi connectivity index (χ3v) is 2.93. The summed E-state index contributed by atoms with van der Waals surface area (Å²) in [6.07, 6.45) is 2.14. The molecule has 21 heavy (non-hydrogen) atoms. The number of carbonyl (C=O) groups is 1. The Kier molecular flexibility index (Phi) is 6.69. The maximum atomic E-state index is 12.2. The van der Waals surface area contributed by atoms with E-state index in [9.17, 15) is 4.79 Å². The molecule has 0 atom stereocenters. The summed E-state index contributed by atoms with van der Waals surface area (Å²) in [6.45, 7) is 9.19. The molecule has 0 spiro atoms. The highest BCUT2D eigenvalue weighted by molar-refractivity contribution is 5.95. The van der Waals surface area contributed by atoms with Crippen molar-refractivity contribution in [2.75, 3.05) is 13.7 Å². The highest BCUT2D eigenvalue weighted by atomic mass is 16.5. The van der Waals surface area contributed by atoms with Gasteiger partial charge in [-0.25, -0.2) is 0 Å². The third kappa shape index (κ3) is 6.17. The molecule has 0 radical (unpaired) electrons. The van der Waals surface area contributed by atoms with E-state index in [1.807, 2.05) is 32.9 Å². The molecule has 1 amide bonds. The van der Waals surface area contributed by atoms with Crippen molar-refractivity contribution in [3.63, 3.8) is 0 Å². The highest BCUT2D eigenvalue weighted by Crippen LogP contribution is 2.21. The van der Waals surface area contributed by atoms with E-state index in [-0.39, 0.29) is 11.4 Å². The Balaban J connectivity index is 2.81. The summed E-state index contributed by atoms with van der Waals surface area (Å²) < 4.78 is 11.0. The predicted octanol–water partition coefficient (Wildman–Crippen LogP) is 3.54. The van der Waals surface area contributed by atoms with Crippen LogP contribution in [0, 0.1) is 0 Å². The van der Waals surface area contributed by atoms with Gasteiger partial charge in [-0.15, -0.1) is 0 Å². The van der Waals surface area contributed by atoms with Gasteiger partial charge >= 0.3 is 0 Å². The second-order valence-corrected chi connectivity index (χ2v) is 6.14. The van der Waals surface area contributed by atoms with Crippen molar-refractivity contribution in [3.8, 4) is 5.75 Å². The van der Waals surface area contributed by atoms with Crippen molar-refractivity contribution in [2.24, 2.45) is 0 Å². The Hall–Kier alpha value is -1.55. The first kappa shape index (κ1) is 17.5. The van der Waals surface area contributed by atoms with Gasteiger partial charge in [0.25, 0.3) is 5.91 Å². The number of hydrogen-bond acceptors (Lipinski definition) is 3. The second kappa shape index (κ2) is 8.03. The molecule has 0 aliphatic rings. The van der Waals surface area contributed by atoms with Crippen LogP contribution in [0.5, 0.6) is 5.75 Å². The number of nitrogens with one attached hydrogen (secondary N) is 1. The Morgan fingerprint density at radius 1 is 1.29 bits per heavy atom. The number of rotatable bonds is 7. The van der Waals surface area contributed by atoms with Crippen molar-refractivity contribution in [1.29, 1.82) is 0 Å². The Labute approximate surface area is 127 Å². The molecule has 0 aliphatic carbocycles. The van der Waals surface area contributed by atoms with Crippen molar-refractivity contribution < 1.29 is 14.3 Å². The van der Waals surface area contributed by atoms with Crippen LogP contribution in [-0.2, 0) is 11.3 Å². The van der Waals surface area contributed by atoms with Gasteiger partial charge in [0.15, 0.2) is 0 Å². The van der Waals surface area contributed by atoms with Crippen LogP contribution in [-0.4, -0.2) is 25.2 Å². The van der Waals surface area contributed by atoms with Crippen LogP contribution in [0.2, 0.25) is 0 Å². The summed E-state index contributed by atoms with van der Waals surface area (Å²) in [7, 11) is 1.62. The summed E-state index contributed by atoms with van der Waals surface area (Å²) in [6, 6.07) is 5.43. The zero-order valence-corrected chi connectivity index (χ0v) is 13.8. The SMILES string of the molecule is CCCCOCc1cc(C(=O)NC(C)(C)C)ccc1OC. The Morgan fingerprint density at radius 2 is 2.00 bits per heavy atom. The molecular formula is C17H27NO3. The summed E-state index contributed by atoms with van der Waals surface area (Å²) in [5, 5.41) is 2.96. The predicted molar refractivity (Wildman–Crippen MR) is 84.8 cm³/mol. The number of methoxy groups -OCH3 is 1. The fourth-order valence-corrected chi connectivity index (χ4v) is 1.87. The Morgan fingerprint density at radius 3 is 2.57 bits per heavy atom. The first-order chi connectivity index (χ1) is 9.87. The number of carbonyl (C=O) groups excluding carboxylic acids is 1. The van der Waals surface area contributed by atoms with Crippen molar-refractivity contribution in [1.82, 2.24) is 5.32 Å². The quantitative estimate of drug-likeness (QED) is 0.782. The number of amides is 1. The van der Waals surface area contributed by atoms with E-state index in [2.05, 4.69) is 12.2 Å². The molecule has 1 aromatic rings. The number of ether oxygens (including phenoxy) is 2. The largest absolute Gasteiger partial charge is 0.496 e. The molecule has 1 aromatic carbocycles. The lowest BCUT2D eigenvalue weighted by molar-refractivity contribution is 0.0918. The molecule has 0 aliphatic heterocycles. The van der Waals surface area contributed by atoms with E-state index in [1.165, 1.54) is 0 Å². The molecule has 0 heterocycles. The maximum Gasteiger partial charge on any atom is 0.251 e. The van der Waals surface area contributed by atoms with Gasteiger partial charge in [-0.05, 0) is 45.4 Å². The van der Waals surface area contributed by atoms with Gasteiger partial charge in [-0.3, -0.25) is 4.79 Å². The topological polar surface area (TPSA) is 47.6 Å². The average molecular weight is 293 g/mol. The van der Waals surface area contributed by atoms with Gasteiger partial charge in [0.1, 0.15) is 5.75 Å². The van der Waals surface area contributed by atoms with E-state index in [0.717, 1.165) is 30.8 Å². The maximum absolute atomic E-state index is 12.2. The molecule has 0 aromatic heterocycles. The van der Waals surface area contributed by atoms with Gasteiger partial charge in [0.2, 0.25) is 0 Å². The molecule has 1 N–H and O–H groups in total. The van der Waals surface area contributed by atoms with Crippen LogP contribution >= 0.6 is 0 Å². The summed E-state index contributed by atoms with van der Waals surface area (Å²) in [4.78, 5) is 12.2. The normalized spacial score (nSPS) is 11.3. The monoisotopic (exact) mass is 293 g/mol. The van der Waals surface area contributed by atoms with E-state index in [0.29, 0.717) is 12.2 Å². The molecule has 118 valence electrons. The molecule has 0 fully saturated rings. The smallest absolute Gasteiger partial charge is 0.251 e. The molecular weight excluding hydrogens is 266 g/mol. The van der Waals surface area contributed by atoms with Crippen LogP contribution in [0.1, 0.15) is 56.5 Å². The summed E-state index contributed by atoms with van der Waals surface area (Å²) in [5.74, 6) is 0.666. The molecule has 0 bridgehead atoms. The first-order valence-electron chi connectivity index (χ1n) is 7.44. The zero-order valence-electron chi connectivity index (χ0n) is 13.8. The van der Waals surface area contributed by atoms with E-state index in [4.69, 9.17) is 9.47 Å². The number of hydrogen-bond donors (Lipinski definition) is 1. The van der Waals surface area contributed by atoms with Crippen LogP contribution < -0.4 is 10.1 Å². The van der Waals surface area contributed by atoms with Gasteiger partial charge in [-0.1, -0.05) is 13.3 Å². The number of benzene rings is 1. The van der Waals surface area contributed by atoms with E-state index >= 15 is 0 Å². The van der Waals surface area contributed by atoms with Crippen LogP contribution in [0.3, 0.4) is 0 Å². The lowest BCUT2D eigenvalue weighted by Gasteiger charge is -2.21. The van der Waals surface area contributed by atoms with Gasteiger partial charge in [-0.2, -0.15) is 0 Å². The van der Waals surface area contributed by atoms with Gasteiger partial charge in [0.05, 0.1) is 13.7 Å². The van der Waals surface area contributed by atoms with Crippen LogP contribution in [0.15, 0.2) is 18.2 Å². The fourth-order valence-electron chi connectivity index (χ4n) is 1.87. The molecule has 1 rings (SSSR count). The summed E-state index contributed by atoms with van der Waals surface area (Å²) >= 11 is 0. The van der Waals surface area contributed by atoms with Gasteiger partial charge in [0, 0.05) is 23.3 Å². The lowest BCUT2D eigenvalue weighted by Crippen LogP contribution is -2.40. The first-order valence-corrected chi connectivity index (χ1v) is 7.44. The molecule has 0 saturated carbocycles. The molecule has 0 unspecified atom stereocenters. The Bertz CT molecular complexity index is 464. The van der Waals surface area contributed by atoms with Crippen molar-refractivity contribution in [2.45, 2.75) is 52.7 Å². The molecule has 0 saturated heterocycles. The minimum absolute atomic E-state index is 0.0834. The zero-order chi connectivity index (χ0) is 15.9. The third-order valence-electron chi connectivity index (χ3n) is 2.93. The van der Waals surface area contributed by atoms with Crippen LogP contribution in [0.25, 0.3) is 0 Å². The van der Waals surface area contributed by atoms with Crippen molar-refractivity contribution >= 4 is 5.91 Å². The minimum atomic E-state index is -0.255. The highest BCUT2D eigenvalue weighted by Gasteiger charge is 2.16.